The normalized spacial score (nSPS) is 21.9. The highest BCUT2D eigenvalue weighted by Crippen LogP contribution is 2.41. The molecule has 2 fully saturated rings. The molecule has 2 aromatic heterocycles. The average Bonchev–Trinajstić information content (AvgIpc) is 3.34. The van der Waals surface area contributed by atoms with Crippen LogP contribution in [0.1, 0.15) is 37.2 Å². The third-order valence-corrected chi connectivity index (χ3v) is 7.82. The van der Waals surface area contributed by atoms with Gasteiger partial charge in [-0.15, -0.1) is 0 Å². The Balaban J connectivity index is 1.10. The molecule has 0 N–H and O–H groups in total. The quantitative estimate of drug-likeness (QED) is 0.376. The molecule has 1 aliphatic carbocycles. The van der Waals surface area contributed by atoms with Gasteiger partial charge in [0.15, 0.2) is 11.3 Å². The van der Waals surface area contributed by atoms with Crippen LogP contribution in [0.4, 0.5) is 10.1 Å². The van der Waals surface area contributed by atoms with Crippen LogP contribution >= 0.6 is 0 Å². The molecular formula is C28H30FN3O2. The summed E-state index contributed by atoms with van der Waals surface area (Å²) >= 11 is 0. The SMILES string of the molecule is COc1cccc2c1occ2[C@H]1CC[C@@H](N2CCN(c3ccc(F)c4cccnc34)CC2)CC1. The lowest BCUT2D eigenvalue weighted by atomic mass is 9.81. The van der Waals surface area contributed by atoms with Crippen molar-refractivity contribution in [2.24, 2.45) is 0 Å². The van der Waals surface area contributed by atoms with Gasteiger partial charge in [-0.3, -0.25) is 9.88 Å². The molecule has 0 bridgehead atoms. The first-order valence-corrected chi connectivity index (χ1v) is 12.3. The smallest absolute Gasteiger partial charge is 0.175 e. The van der Waals surface area contributed by atoms with Crippen LogP contribution in [0.15, 0.2) is 59.3 Å². The Morgan fingerprint density at radius 3 is 2.53 bits per heavy atom. The summed E-state index contributed by atoms with van der Waals surface area (Å²) in [4.78, 5) is 9.50. The van der Waals surface area contributed by atoms with Gasteiger partial charge in [0.05, 0.1) is 24.6 Å². The molecule has 0 unspecified atom stereocenters. The zero-order valence-electron chi connectivity index (χ0n) is 19.5. The fourth-order valence-corrected chi connectivity index (χ4v) is 5.99. The van der Waals surface area contributed by atoms with E-state index in [1.165, 1.54) is 36.6 Å². The minimum Gasteiger partial charge on any atom is -0.493 e. The summed E-state index contributed by atoms with van der Waals surface area (Å²) < 4.78 is 25.6. The van der Waals surface area contributed by atoms with E-state index in [1.54, 1.807) is 25.4 Å². The van der Waals surface area contributed by atoms with E-state index in [1.807, 2.05) is 30.5 Å². The van der Waals surface area contributed by atoms with Gasteiger partial charge in [0.2, 0.25) is 0 Å². The second-order valence-electron chi connectivity index (χ2n) is 9.52. The number of pyridine rings is 1. The first-order chi connectivity index (χ1) is 16.7. The first kappa shape index (κ1) is 21.4. The maximum atomic E-state index is 14.2. The number of aromatic nitrogens is 1. The van der Waals surface area contributed by atoms with Crippen molar-refractivity contribution in [3.63, 3.8) is 0 Å². The van der Waals surface area contributed by atoms with E-state index in [-0.39, 0.29) is 5.82 Å². The number of ether oxygens (including phenoxy) is 1. The van der Waals surface area contributed by atoms with Crippen molar-refractivity contribution >= 4 is 27.6 Å². The van der Waals surface area contributed by atoms with Crippen molar-refractivity contribution in [3.05, 3.63) is 66.3 Å². The van der Waals surface area contributed by atoms with Crippen molar-refractivity contribution in [2.45, 2.75) is 37.6 Å². The Labute approximate surface area is 199 Å². The van der Waals surface area contributed by atoms with Gasteiger partial charge in [0.1, 0.15) is 5.82 Å². The Hall–Kier alpha value is -3.12. The van der Waals surface area contributed by atoms with E-state index in [2.05, 4.69) is 20.9 Å². The number of halogens is 1. The third kappa shape index (κ3) is 3.70. The van der Waals surface area contributed by atoms with Gasteiger partial charge in [-0.05, 0) is 61.9 Å². The maximum absolute atomic E-state index is 14.2. The van der Waals surface area contributed by atoms with Gasteiger partial charge in [0.25, 0.3) is 0 Å². The molecular weight excluding hydrogens is 429 g/mol. The third-order valence-electron chi connectivity index (χ3n) is 7.82. The molecule has 34 heavy (non-hydrogen) atoms. The summed E-state index contributed by atoms with van der Waals surface area (Å²) in [6.45, 7) is 3.96. The largest absolute Gasteiger partial charge is 0.493 e. The van der Waals surface area contributed by atoms with Gasteiger partial charge < -0.3 is 14.1 Å². The van der Waals surface area contributed by atoms with Crippen LogP contribution in [-0.4, -0.2) is 49.2 Å². The Morgan fingerprint density at radius 2 is 1.74 bits per heavy atom. The topological polar surface area (TPSA) is 41.7 Å². The molecule has 6 rings (SSSR count). The molecule has 3 heterocycles. The summed E-state index contributed by atoms with van der Waals surface area (Å²) in [7, 11) is 1.69. The highest BCUT2D eigenvalue weighted by Gasteiger charge is 2.31. The maximum Gasteiger partial charge on any atom is 0.175 e. The second kappa shape index (κ2) is 8.91. The first-order valence-electron chi connectivity index (χ1n) is 12.3. The van der Waals surface area contributed by atoms with E-state index in [4.69, 9.17) is 9.15 Å². The number of fused-ring (bicyclic) bond motifs is 2. The lowest BCUT2D eigenvalue weighted by Crippen LogP contribution is -2.51. The standard InChI is InChI=1S/C28H30FN3O2/c1-33-26-6-2-4-21-23(18-34-28(21)26)19-7-9-20(10-8-19)31-14-16-32(17-15-31)25-12-11-24(29)22-5-3-13-30-27(22)25/h2-6,11-13,18-20H,7-10,14-17H2,1H3/t19-,20+. The zero-order chi connectivity index (χ0) is 23.1. The van der Waals surface area contributed by atoms with Crippen molar-refractivity contribution < 1.29 is 13.5 Å². The van der Waals surface area contributed by atoms with Gasteiger partial charge in [0, 0.05) is 54.8 Å². The van der Waals surface area contributed by atoms with E-state index < -0.39 is 0 Å². The fraction of sp³-hybridized carbons (Fsp3) is 0.393. The molecule has 0 radical (unpaired) electrons. The fourth-order valence-electron chi connectivity index (χ4n) is 5.99. The molecule has 0 spiro atoms. The van der Waals surface area contributed by atoms with E-state index >= 15 is 0 Å². The zero-order valence-corrected chi connectivity index (χ0v) is 19.5. The predicted octanol–water partition coefficient (Wildman–Crippen LogP) is 5.98. The molecule has 176 valence electrons. The summed E-state index contributed by atoms with van der Waals surface area (Å²) in [5.41, 5.74) is 4.00. The molecule has 4 aromatic rings. The Morgan fingerprint density at radius 1 is 0.941 bits per heavy atom. The number of hydrogen-bond donors (Lipinski definition) is 0. The molecule has 0 atom stereocenters. The molecule has 1 aliphatic heterocycles. The van der Waals surface area contributed by atoms with Gasteiger partial charge in [-0.1, -0.05) is 12.1 Å². The van der Waals surface area contributed by atoms with Crippen LogP contribution < -0.4 is 9.64 Å². The monoisotopic (exact) mass is 459 g/mol. The van der Waals surface area contributed by atoms with Crippen LogP contribution in [0.25, 0.3) is 21.9 Å². The number of nitrogens with zero attached hydrogens (tertiary/aromatic N) is 3. The van der Waals surface area contributed by atoms with Crippen LogP contribution in [0.5, 0.6) is 5.75 Å². The number of methoxy groups -OCH3 is 1. The molecule has 5 nitrogen and oxygen atoms in total. The molecule has 1 saturated carbocycles. The molecule has 6 heteroatoms. The minimum absolute atomic E-state index is 0.203. The van der Waals surface area contributed by atoms with Crippen LogP contribution in [0, 0.1) is 5.82 Å². The Kier molecular flexibility index (Phi) is 5.61. The Bertz CT molecular complexity index is 1300. The number of benzene rings is 2. The van der Waals surface area contributed by atoms with E-state index in [9.17, 15) is 4.39 Å². The number of furan rings is 1. The summed E-state index contributed by atoms with van der Waals surface area (Å²) in [6.07, 6.45) is 8.48. The van der Waals surface area contributed by atoms with Gasteiger partial charge >= 0.3 is 0 Å². The summed E-state index contributed by atoms with van der Waals surface area (Å²) in [5.74, 6) is 1.15. The number of rotatable bonds is 4. The predicted molar refractivity (Wildman–Crippen MR) is 133 cm³/mol. The molecule has 1 saturated heterocycles. The van der Waals surface area contributed by atoms with Gasteiger partial charge in [-0.2, -0.15) is 0 Å². The van der Waals surface area contributed by atoms with E-state index in [0.29, 0.717) is 17.3 Å². The number of hydrogen-bond acceptors (Lipinski definition) is 5. The van der Waals surface area contributed by atoms with Crippen molar-refractivity contribution in [1.82, 2.24) is 9.88 Å². The van der Waals surface area contributed by atoms with Gasteiger partial charge in [-0.25, -0.2) is 4.39 Å². The van der Waals surface area contributed by atoms with Crippen LogP contribution in [-0.2, 0) is 0 Å². The highest BCUT2D eigenvalue weighted by atomic mass is 19.1. The second-order valence-corrected chi connectivity index (χ2v) is 9.52. The molecule has 0 amide bonds. The van der Waals surface area contributed by atoms with Crippen molar-refractivity contribution in [3.8, 4) is 5.75 Å². The number of para-hydroxylation sites is 1. The van der Waals surface area contributed by atoms with Crippen molar-refractivity contribution in [2.75, 3.05) is 38.2 Å². The van der Waals surface area contributed by atoms with E-state index in [0.717, 1.165) is 48.7 Å². The average molecular weight is 460 g/mol. The molecule has 2 aromatic carbocycles. The molecule has 2 aliphatic rings. The van der Waals surface area contributed by atoms with Crippen molar-refractivity contribution in [1.29, 1.82) is 0 Å². The highest BCUT2D eigenvalue weighted by molar-refractivity contribution is 5.91. The lowest BCUT2D eigenvalue weighted by Gasteiger charge is -2.42. The van der Waals surface area contributed by atoms with Crippen LogP contribution in [0.2, 0.25) is 0 Å². The van der Waals surface area contributed by atoms with Crippen LogP contribution in [0.3, 0.4) is 0 Å². The summed E-state index contributed by atoms with van der Waals surface area (Å²) in [6, 6.07) is 13.9. The lowest BCUT2D eigenvalue weighted by molar-refractivity contribution is 0.141. The minimum atomic E-state index is -0.203. The number of anilines is 1. The number of piperazine rings is 1. The summed E-state index contributed by atoms with van der Waals surface area (Å²) in [5, 5.41) is 1.79.